The van der Waals surface area contributed by atoms with E-state index >= 15 is 0 Å². The van der Waals surface area contributed by atoms with E-state index in [1.807, 2.05) is 61.5 Å². The number of hydrogen-bond donors (Lipinski definition) is 1. The van der Waals surface area contributed by atoms with E-state index in [0.717, 1.165) is 16.7 Å². The molecule has 0 aliphatic rings. The van der Waals surface area contributed by atoms with Crippen molar-refractivity contribution in [3.05, 3.63) is 106 Å². The van der Waals surface area contributed by atoms with Gasteiger partial charge in [-0.25, -0.2) is 4.39 Å². The number of benzene rings is 3. The third-order valence-electron chi connectivity index (χ3n) is 4.48. The van der Waals surface area contributed by atoms with E-state index in [0.29, 0.717) is 16.3 Å². The van der Waals surface area contributed by atoms with Crippen LogP contribution in [-0.2, 0) is 10.5 Å². The van der Waals surface area contributed by atoms with Crippen LogP contribution in [0.4, 0.5) is 4.39 Å². The first-order chi connectivity index (χ1) is 13.6. The Bertz CT molecular complexity index is 928. The minimum Gasteiger partial charge on any atom is -0.344 e. The Morgan fingerprint density at radius 3 is 2.46 bits per heavy atom. The molecule has 0 aliphatic heterocycles. The summed E-state index contributed by atoms with van der Waals surface area (Å²) in [7, 11) is 0. The van der Waals surface area contributed by atoms with Crippen LogP contribution in [0.3, 0.4) is 0 Å². The summed E-state index contributed by atoms with van der Waals surface area (Å²) in [6, 6.07) is 22.3. The van der Waals surface area contributed by atoms with Crippen LogP contribution in [-0.4, -0.2) is 11.7 Å². The molecule has 0 spiro atoms. The van der Waals surface area contributed by atoms with E-state index in [-0.39, 0.29) is 23.5 Å². The minimum absolute atomic E-state index is 0.102. The highest BCUT2D eigenvalue weighted by molar-refractivity contribution is 7.99. The maximum absolute atomic E-state index is 13.9. The molecule has 0 bridgehead atoms. The van der Waals surface area contributed by atoms with Gasteiger partial charge in [-0.3, -0.25) is 4.79 Å². The minimum atomic E-state index is -0.345. The van der Waals surface area contributed by atoms with Crippen LogP contribution in [0.1, 0.15) is 28.3 Å². The Morgan fingerprint density at radius 2 is 1.75 bits per heavy atom. The molecule has 5 heteroatoms. The van der Waals surface area contributed by atoms with Gasteiger partial charge in [0.1, 0.15) is 5.82 Å². The lowest BCUT2D eigenvalue weighted by Crippen LogP contribution is -2.31. The summed E-state index contributed by atoms with van der Waals surface area (Å²) in [4.78, 5) is 12.6. The smallest absolute Gasteiger partial charge is 0.230 e. The van der Waals surface area contributed by atoms with Crippen LogP contribution in [0.25, 0.3) is 0 Å². The zero-order chi connectivity index (χ0) is 19.9. The Morgan fingerprint density at radius 1 is 1.04 bits per heavy atom. The van der Waals surface area contributed by atoms with Gasteiger partial charge < -0.3 is 5.32 Å². The van der Waals surface area contributed by atoms with Crippen molar-refractivity contribution in [1.82, 2.24) is 5.32 Å². The van der Waals surface area contributed by atoms with Crippen LogP contribution >= 0.6 is 23.4 Å². The van der Waals surface area contributed by atoms with Gasteiger partial charge in [-0.2, -0.15) is 0 Å². The average Bonchev–Trinajstić information content (AvgIpc) is 2.70. The van der Waals surface area contributed by atoms with Gasteiger partial charge in [-0.05, 0) is 35.7 Å². The molecule has 0 aromatic heterocycles. The number of carbonyl (C=O) groups is 1. The van der Waals surface area contributed by atoms with Crippen molar-refractivity contribution < 1.29 is 9.18 Å². The number of rotatable bonds is 7. The van der Waals surface area contributed by atoms with Crippen molar-refractivity contribution in [3.8, 4) is 0 Å². The Hall–Kier alpha value is -2.30. The Kier molecular flexibility index (Phi) is 7.12. The molecule has 3 rings (SSSR count). The fourth-order valence-electron chi connectivity index (χ4n) is 3.02. The molecule has 0 saturated heterocycles. The lowest BCUT2D eigenvalue weighted by molar-refractivity contribution is -0.119. The van der Waals surface area contributed by atoms with Gasteiger partial charge in [0.25, 0.3) is 0 Å². The molecule has 3 aromatic carbocycles. The number of hydrogen-bond acceptors (Lipinski definition) is 2. The van der Waals surface area contributed by atoms with Gasteiger partial charge in [0.05, 0.1) is 11.8 Å². The largest absolute Gasteiger partial charge is 0.344 e. The number of thioether (sulfide) groups is 1. The molecule has 2 nitrogen and oxygen atoms in total. The van der Waals surface area contributed by atoms with Crippen LogP contribution in [0.15, 0.2) is 72.8 Å². The van der Waals surface area contributed by atoms with Gasteiger partial charge in [0, 0.05) is 16.3 Å². The molecule has 28 heavy (non-hydrogen) atoms. The lowest BCUT2D eigenvalue weighted by Gasteiger charge is -2.21. The van der Waals surface area contributed by atoms with Crippen molar-refractivity contribution in [3.63, 3.8) is 0 Å². The second-order valence-corrected chi connectivity index (χ2v) is 7.85. The highest BCUT2D eigenvalue weighted by atomic mass is 35.5. The summed E-state index contributed by atoms with van der Waals surface area (Å²) in [6.45, 7) is 2.03. The summed E-state index contributed by atoms with van der Waals surface area (Å²) in [6.07, 6.45) is 0. The summed E-state index contributed by atoms with van der Waals surface area (Å²) in [5, 5.41) is 3.50. The number of aryl methyl sites for hydroxylation is 1. The van der Waals surface area contributed by atoms with Crippen LogP contribution in [0.5, 0.6) is 0 Å². The predicted molar refractivity (Wildman–Crippen MR) is 115 cm³/mol. The number of amides is 1. The second kappa shape index (κ2) is 9.76. The monoisotopic (exact) mass is 413 g/mol. The summed E-state index contributed by atoms with van der Waals surface area (Å²) in [5.74, 6) is 0.121. The number of nitrogens with one attached hydrogen (secondary N) is 1. The van der Waals surface area contributed by atoms with Crippen LogP contribution in [0.2, 0.25) is 5.02 Å². The molecule has 0 unspecified atom stereocenters. The first-order valence-electron chi connectivity index (χ1n) is 8.96. The summed E-state index contributed by atoms with van der Waals surface area (Å²) in [5.41, 5.74) is 3.62. The molecular formula is C23H21ClFNOS. The van der Waals surface area contributed by atoms with Gasteiger partial charge in [-0.1, -0.05) is 72.3 Å². The van der Waals surface area contributed by atoms with E-state index < -0.39 is 0 Å². The van der Waals surface area contributed by atoms with Crippen LogP contribution in [0, 0.1) is 12.7 Å². The van der Waals surface area contributed by atoms with Crippen molar-refractivity contribution in [2.24, 2.45) is 0 Å². The topological polar surface area (TPSA) is 29.1 Å². The molecule has 3 aromatic rings. The van der Waals surface area contributed by atoms with Crippen molar-refractivity contribution >= 4 is 29.3 Å². The molecular weight excluding hydrogens is 393 g/mol. The number of carbonyl (C=O) groups excluding carboxylic acids is 1. The first kappa shape index (κ1) is 20.4. The molecule has 1 N–H and O–H groups in total. The third-order valence-corrected chi connectivity index (χ3v) is 5.79. The normalized spacial score (nSPS) is 11.8. The molecule has 144 valence electrons. The van der Waals surface area contributed by atoms with Crippen LogP contribution < -0.4 is 5.32 Å². The molecule has 1 atom stereocenters. The molecule has 1 amide bonds. The molecule has 0 saturated carbocycles. The van der Waals surface area contributed by atoms with E-state index in [1.54, 1.807) is 12.1 Å². The predicted octanol–water partition coefficient (Wildman–Crippen LogP) is 5.93. The van der Waals surface area contributed by atoms with E-state index in [4.69, 9.17) is 11.6 Å². The van der Waals surface area contributed by atoms with Gasteiger partial charge in [0.15, 0.2) is 0 Å². The SMILES string of the molecule is Cc1ccccc1[C@@H](NC(=O)CSCc1c(F)cccc1Cl)c1ccccc1. The van der Waals surface area contributed by atoms with Crippen molar-refractivity contribution in [1.29, 1.82) is 0 Å². The Balaban J connectivity index is 1.69. The van der Waals surface area contributed by atoms with Crippen molar-refractivity contribution in [2.75, 3.05) is 5.75 Å². The average molecular weight is 414 g/mol. The highest BCUT2D eigenvalue weighted by Crippen LogP contribution is 2.26. The maximum atomic E-state index is 13.9. The van der Waals surface area contributed by atoms with Gasteiger partial charge >= 0.3 is 0 Å². The number of halogens is 2. The van der Waals surface area contributed by atoms with E-state index in [9.17, 15) is 9.18 Å². The van der Waals surface area contributed by atoms with Gasteiger partial charge in [0.2, 0.25) is 5.91 Å². The first-order valence-corrected chi connectivity index (χ1v) is 10.5. The standard InChI is InChI=1S/C23H21ClFNOS/c1-16-8-5-6-11-18(16)23(17-9-3-2-4-10-17)26-22(27)15-28-14-19-20(24)12-7-13-21(19)25/h2-13,23H,14-15H2,1H3,(H,26,27)/t23-/m0/s1. The fraction of sp³-hybridized carbons (Fsp3) is 0.174. The van der Waals surface area contributed by atoms with E-state index in [2.05, 4.69) is 5.32 Å². The van der Waals surface area contributed by atoms with Gasteiger partial charge in [-0.15, -0.1) is 11.8 Å². The highest BCUT2D eigenvalue weighted by Gasteiger charge is 2.18. The fourth-order valence-corrected chi connectivity index (χ4v) is 4.19. The quantitative estimate of drug-likeness (QED) is 0.520. The third kappa shape index (κ3) is 5.15. The lowest BCUT2D eigenvalue weighted by atomic mass is 9.95. The summed E-state index contributed by atoms with van der Waals surface area (Å²) < 4.78 is 13.9. The second-order valence-electron chi connectivity index (χ2n) is 6.46. The summed E-state index contributed by atoms with van der Waals surface area (Å²) >= 11 is 7.40. The Labute approximate surface area is 174 Å². The van der Waals surface area contributed by atoms with E-state index in [1.165, 1.54) is 17.8 Å². The molecule has 0 aliphatic carbocycles. The zero-order valence-corrected chi connectivity index (χ0v) is 17.1. The maximum Gasteiger partial charge on any atom is 0.230 e. The zero-order valence-electron chi connectivity index (χ0n) is 15.5. The molecule has 0 heterocycles. The van der Waals surface area contributed by atoms with Crippen molar-refractivity contribution in [2.45, 2.75) is 18.7 Å². The molecule has 0 radical (unpaired) electrons. The molecule has 0 fully saturated rings.